The Balaban J connectivity index is 1.80. The van der Waals surface area contributed by atoms with Crippen LogP contribution in [0.25, 0.3) is 11.0 Å². The second-order valence-electron chi connectivity index (χ2n) is 5.68. The number of benzene rings is 2. The number of anilines is 3. The minimum atomic E-state index is -3.86. The molecule has 2 N–H and O–H groups in total. The summed E-state index contributed by atoms with van der Waals surface area (Å²) < 4.78 is 29.3. The quantitative estimate of drug-likeness (QED) is 0.374. The van der Waals surface area contributed by atoms with Crippen LogP contribution < -0.4 is 10.0 Å². The van der Waals surface area contributed by atoms with Crippen LogP contribution in [0.2, 0.25) is 4.34 Å². The van der Waals surface area contributed by atoms with Crippen LogP contribution in [-0.4, -0.2) is 18.4 Å². The maximum absolute atomic E-state index is 12.8. The number of thiophene rings is 1. The van der Waals surface area contributed by atoms with Crippen LogP contribution in [0.4, 0.5) is 17.3 Å². The van der Waals surface area contributed by atoms with E-state index in [0.717, 1.165) is 21.5 Å². The number of halogens is 2. The number of hydrogen-bond acceptors (Lipinski definition) is 6. The van der Waals surface area contributed by atoms with E-state index < -0.39 is 10.0 Å². The van der Waals surface area contributed by atoms with Gasteiger partial charge in [-0.1, -0.05) is 35.9 Å². The van der Waals surface area contributed by atoms with Crippen LogP contribution in [0.3, 0.4) is 0 Å². The standard InChI is InChI=1S/C18H12BrClN4O2S2/c19-11-5-1-2-6-12(11)21-17-18(23-14-8-4-3-7-13(14)22-17)24-28(25,26)16-10-9-15(20)27-16/h1-10H,(H,21,22)(H,23,24). The summed E-state index contributed by atoms with van der Waals surface area (Å²) in [6.07, 6.45) is 0. The number of sulfonamides is 1. The van der Waals surface area contributed by atoms with Gasteiger partial charge in [0.05, 0.1) is 21.1 Å². The Bertz CT molecular complexity index is 1280. The van der Waals surface area contributed by atoms with Crippen LogP contribution in [0.5, 0.6) is 0 Å². The molecule has 0 amide bonds. The van der Waals surface area contributed by atoms with Gasteiger partial charge < -0.3 is 5.32 Å². The first-order chi connectivity index (χ1) is 13.4. The van der Waals surface area contributed by atoms with Gasteiger partial charge in [0.2, 0.25) is 0 Å². The molecule has 2 aromatic carbocycles. The predicted octanol–water partition coefficient (Wildman–Crippen LogP) is 5.65. The van der Waals surface area contributed by atoms with Gasteiger partial charge in [-0.25, -0.2) is 18.4 Å². The van der Waals surface area contributed by atoms with Gasteiger partial charge in [-0.3, -0.25) is 4.72 Å². The first-order valence-corrected chi connectivity index (χ1v) is 11.5. The highest BCUT2D eigenvalue weighted by Crippen LogP contribution is 2.32. The maximum atomic E-state index is 12.8. The van der Waals surface area contributed by atoms with Gasteiger partial charge in [-0.05, 0) is 52.3 Å². The van der Waals surface area contributed by atoms with Crippen LogP contribution in [-0.2, 0) is 10.0 Å². The summed E-state index contributed by atoms with van der Waals surface area (Å²) in [5.41, 5.74) is 1.94. The monoisotopic (exact) mass is 494 g/mol. The number of nitrogens with zero attached hydrogens (tertiary/aromatic N) is 2. The Morgan fingerprint density at radius 1 is 0.893 bits per heavy atom. The number of nitrogens with one attached hydrogen (secondary N) is 2. The van der Waals surface area contributed by atoms with Crippen LogP contribution in [0.15, 0.2) is 69.3 Å². The van der Waals surface area contributed by atoms with Gasteiger partial charge >= 0.3 is 0 Å². The third kappa shape index (κ3) is 3.97. The topological polar surface area (TPSA) is 84.0 Å². The molecular weight excluding hydrogens is 484 g/mol. The fourth-order valence-corrected chi connectivity index (χ4v) is 5.34. The van der Waals surface area contributed by atoms with E-state index in [0.29, 0.717) is 15.4 Å². The smallest absolute Gasteiger partial charge is 0.272 e. The average Bonchev–Trinajstić information content (AvgIpc) is 3.11. The van der Waals surface area contributed by atoms with Crippen molar-refractivity contribution >= 4 is 77.2 Å². The van der Waals surface area contributed by atoms with Crippen molar-refractivity contribution in [2.24, 2.45) is 0 Å². The highest BCUT2D eigenvalue weighted by Gasteiger charge is 2.21. The normalized spacial score (nSPS) is 11.5. The average molecular weight is 496 g/mol. The fraction of sp³-hybridized carbons (Fsp3) is 0. The van der Waals surface area contributed by atoms with Crippen LogP contribution in [0, 0.1) is 0 Å². The van der Waals surface area contributed by atoms with Gasteiger partial charge in [0.15, 0.2) is 11.6 Å². The molecule has 0 aliphatic heterocycles. The third-order valence-electron chi connectivity index (χ3n) is 3.74. The molecule has 142 valence electrons. The Labute approximate surface area is 178 Å². The van der Waals surface area contributed by atoms with E-state index in [2.05, 4.69) is 35.9 Å². The fourth-order valence-electron chi connectivity index (χ4n) is 2.47. The number of hydrogen-bond donors (Lipinski definition) is 2. The Morgan fingerprint density at radius 2 is 1.54 bits per heavy atom. The predicted molar refractivity (Wildman–Crippen MR) is 117 cm³/mol. The number of aromatic nitrogens is 2. The van der Waals surface area contributed by atoms with Crippen LogP contribution >= 0.6 is 38.9 Å². The minimum Gasteiger partial charge on any atom is -0.336 e. The summed E-state index contributed by atoms with van der Waals surface area (Å²) in [7, 11) is -3.86. The summed E-state index contributed by atoms with van der Waals surface area (Å²) >= 11 is 10.3. The number of para-hydroxylation sites is 3. The summed E-state index contributed by atoms with van der Waals surface area (Å²) in [5, 5.41) is 3.14. The van der Waals surface area contributed by atoms with Crippen molar-refractivity contribution in [3.05, 3.63) is 69.5 Å². The van der Waals surface area contributed by atoms with E-state index in [1.165, 1.54) is 12.1 Å². The Hall–Kier alpha value is -2.20. The van der Waals surface area contributed by atoms with E-state index in [-0.39, 0.29) is 15.8 Å². The molecule has 0 radical (unpaired) electrons. The molecule has 0 fully saturated rings. The third-order valence-corrected chi connectivity index (χ3v) is 7.50. The van der Waals surface area contributed by atoms with Gasteiger partial charge in [0.25, 0.3) is 10.0 Å². The molecule has 2 heterocycles. The largest absolute Gasteiger partial charge is 0.336 e. The Kier molecular flexibility index (Phi) is 5.24. The molecule has 0 aliphatic carbocycles. The molecule has 6 nitrogen and oxygen atoms in total. The van der Waals surface area contributed by atoms with Crippen molar-refractivity contribution in [3.8, 4) is 0 Å². The highest BCUT2D eigenvalue weighted by molar-refractivity contribution is 9.10. The molecule has 4 aromatic rings. The lowest BCUT2D eigenvalue weighted by atomic mass is 10.3. The molecule has 0 saturated heterocycles. The van der Waals surface area contributed by atoms with Crippen molar-refractivity contribution in [2.45, 2.75) is 4.21 Å². The van der Waals surface area contributed by atoms with E-state index in [1.807, 2.05) is 42.5 Å². The van der Waals surface area contributed by atoms with Gasteiger partial charge in [0, 0.05) is 4.47 Å². The zero-order valence-electron chi connectivity index (χ0n) is 14.1. The zero-order valence-corrected chi connectivity index (χ0v) is 18.0. The zero-order chi connectivity index (χ0) is 19.7. The van der Waals surface area contributed by atoms with Crippen LogP contribution in [0.1, 0.15) is 0 Å². The molecule has 0 saturated carbocycles. The Morgan fingerprint density at radius 3 is 2.18 bits per heavy atom. The van der Waals surface area contributed by atoms with Gasteiger partial charge in [0.1, 0.15) is 4.21 Å². The first-order valence-electron chi connectivity index (χ1n) is 7.99. The lowest BCUT2D eigenvalue weighted by molar-refractivity contribution is 0.603. The molecule has 2 aromatic heterocycles. The molecule has 0 aliphatic rings. The number of rotatable bonds is 5. The highest BCUT2D eigenvalue weighted by atomic mass is 79.9. The van der Waals surface area contributed by atoms with Crippen molar-refractivity contribution in [1.29, 1.82) is 0 Å². The molecule has 0 unspecified atom stereocenters. The molecular formula is C18H12BrClN4O2S2. The number of fused-ring (bicyclic) bond motifs is 1. The van der Waals surface area contributed by atoms with E-state index in [4.69, 9.17) is 11.6 Å². The second kappa shape index (κ2) is 7.67. The van der Waals surface area contributed by atoms with Crippen molar-refractivity contribution in [1.82, 2.24) is 9.97 Å². The molecule has 0 bridgehead atoms. The summed E-state index contributed by atoms with van der Waals surface area (Å²) in [4.78, 5) is 9.01. The van der Waals surface area contributed by atoms with E-state index >= 15 is 0 Å². The first kappa shape index (κ1) is 19.1. The molecule has 10 heteroatoms. The summed E-state index contributed by atoms with van der Waals surface area (Å²) in [6, 6.07) is 17.7. The van der Waals surface area contributed by atoms with Crippen molar-refractivity contribution < 1.29 is 8.42 Å². The second-order valence-corrected chi connectivity index (χ2v) is 10.2. The van der Waals surface area contributed by atoms with E-state index in [1.54, 1.807) is 6.07 Å². The van der Waals surface area contributed by atoms with Crippen molar-refractivity contribution in [3.63, 3.8) is 0 Å². The lowest BCUT2D eigenvalue weighted by Crippen LogP contribution is -2.15. The molecule has 0 atom stereocenters. The molecule has 0 spiro atoms. The van der Waals surface area contributed by atoms with Gasteiger partial charge in [-0.2, -0.15) is 0 Å². The van der Waals surface area contributed by atoms with E-state index in [9.17, 15) is 8.42 Å². The summed E-state index contributed by atoms with van der Waals surface area (Å²) in [6.45, 7) is 0. The van der Waals surface area contributed by atoms with Crippen molar-refractivity contribution in [2.75, 3.05) is 10.0 Å². The van der Waals surface area contributed by atoms with Gasteiger partial charge in [-0.15, -0.1) is 11.3 Å². The molecule has 4 rings (SSSR count). The lowest BCUT2D eigenvalue weighted by Gasteiger charge is -2.14. The maximum Gasteiger partial charge on any atom is 0.272 e. The molecule has 28 heavy (non-hydrogen) atoms. The summed E-state index contributed by atoms with van der Waals surface area (Å²) in [5.74, 6) is 0.385. The minimum absolute atomic E-state index is 0.0963. The SMILES string of the molecule is O=S(=O)(Nc1nc2ccccc2nc1Nc1ccccc1Br)c1ccc(Cl)s1.